The van der Waals surface area contributed by atoms with Gasteiger partial charge in [0.15, 0.2) is 0 Å². The molecular weight excluding hydrogens is 312 g/mol. The maximum Gasteiger partial charge on any atom is 0.269 e. The fourth-order valence-corrected chi connectivity index (χ4v) is 2.21. The van der Waals surface area contributed by atoms with Crippen LogP contribution in [0.25, 0.3) is 0 Å². The van der Waals surface area contributed by atoms with Crippen LogP contribution in [-0.4, -0.2) is 33.7 Å². The first-order valence-corrected chi connectivity index (χ1v) is 7.33. The SMILES string of the molecule is Cc1ccc(C(=O)NC(CO)C(O)c2ccc([N+](=O)[O-])cc2)cc1. The molecule has 24 heavy (non-hydrogen) atoms. The molecule has 0 aromatic heterocycles. The van der Waals surface area contributed by atoms with Gasteiger partial charge in [-0.1, -0.05) is 17.7 Å². The van der Waals surface area contributed by atoms with Crippen molar-refractivity contribution in [3.8, 4) is 0 Å². The van der Waals surface area contributed by atoms with Crippen LogP contribution in [0.3, 0.4) is 0 Å². The number of aliphatic hydroxyl groups is 2. The van der Waals surface area contributed by atoms with Crippen molar-refractivity contribution in [2.45, 2.75) is 19.1 Å². The van der Waals surface area contributed by atoms with Crippen molar-refractivity contribution < 1.29 is 19.9 Å². The third-order valence-electron chi connectivity index (χ3n) is 3.65. The Morgan fingerprint density at radius 1 is 1.17 bits per heavy atom. The Balaban J connectivity index is 2.10. The van der Waals surface area contributed by atoms with Crippen molar-refractivity contribution in [3.05, 3.63) is 75.3 Å². The number of hydrogen-bond donors (Lipinski definition) is 3. The lowest BCUT2D eigenvalue weighted by molar-refractivity contribution is -0.384. The highest BCUT2D eigenvalue weighted by Gasteiger charge is 2.23. The summed E-state index contributed by atoms with van der Waals surface area (Å²) in [5.74, 6) is -0.421. The number of nitrogens with zero attached hydrogens (tertiary/aromatic N) is 1. The van der Waals surface area contributed by atoms with Gasteiger partial charge in [-0.25, -0.2) is 0 Å². The second kappa shape index (κ2) is 7.67. The fraction of sp³-hybridized carbons (Fsp3) is 0.235. The van der Waals surface area contributed by atoms with Gasteiger partial charge in [0.25, 0.3) is 11.6 Å². The van der Waals surface area contributed by atoms with Gasteiger partial charge in [-0.2, -0.15) is 0 Å². The van der Waals surface area contributed by atoms with E-state index in [9.17, 15) is 25.1 Å². The third-order valence-corrected chi connectivity index (χ3v) is 3.65. The minimum absolute atomic E-state index is 0.102. The Morgan fingerprint density at radius 2 is 1.75 bits per heavy atom. The predicted octanol–water partition coefficient (Wildman–Crippen LogP) is 1.73. The molecule has 2 aromatic rings. The molecule has 3 N–H and O–H groups in total. The van der Waals surface area contributed by atoms with Gasteiger partial charge in [-0.15, -0.1) is 0 Å². The van der Waals surface area contributed by atoms with Gasteiger partial charge in [0, 0.05) is 17.7 Å². The largest absolute Gasteiger partial charge is 0.394 e. The molecule has 7 nitrogen and oxygen atoms in total. The summed E-state index contributed by atoms with van der Waals surface area (Å²) in [6, 6.07) is 11.2. The van der Waals surface area contributed by atoms with E-state index in [-0.39, 0.29) is 5.69 Å². The molecular formula is C17H18N2O5. The number of aryl methyl sites for hydroxylation is 1. The standard InChI is InChI=1S/C17H18N2O5/c1-11-2-4-13(5-3-11)17(22)18-15(10-20)16(21)12-6-8-14(9-7-12)19(23)24/h2-9,15-16,20-21H,10H2,1H3,(H,18,22). The van der Waals surface area contributed by atoms with E-state index in [0.29, 0.717) is 11.1 Å². The lowest BCUT2D eigenvalue weighted by Crippen LogP contribution is -2.41. The van der Waals surface area contributed by atoms with E-state index in [2.05, 4.69) is 5.32 Å². The van der Waals surface area contributed by atoms with Crippen LogP contribution in [0.5, 0.6) is 0 Å². The summed E-state index contributed by atoms with van der Waals surface area (Å²) in [6.07, 6.45) is -1.19. The van der Waals surface area contributed by atoms with Gasteiger partial charge >= 0.3 is 0 Å². The van der Waals surface area contributed by atoms with Crippen molar-refractivity contribution >= 4 is 11.6 Å². The molecule has 2 atom stereocenters. The summed E-state index contributed by atoms with van der Waals surface area (Å²) in [5.41, 5.74) is 1.69. The molecule has 0 aliphatic rings. The Kier molecular flexibility index (Phi) is 5.62. The van der Waals surface area contributed by atoms with Crippen molar-refractivity contribution in [2.75, 3.05) is 6.61 Å². The van der Waals surface area contributed by atoms with Crippen LogP contribution in [0.1, 0.15) is 27.6 Å². The van der Waals surface area contributed by atoms with Crippen molar-refractivity contribution in [1.29, 1.82) is 0 Å². The monoisotopic (exact) mass is 330 g/mol. The number of nitro benzene ring substituents is 1. The number of benzene rings is 2. The number of carbonyl (C=O) groups excluding carboxylic acids is 1. The van der Waals surface area contributed by atoms with Crippen LogP contribution >= 0.6 is 0 Å². The number of nitro groups is 1. The van der Waals surface area contributed by atoms with Crippen LogP contribution in [0.15, 0.2) is 48.5 Å². The van der Waals surface area contributed by atoms with E-state index < -0.39 is 29.6 Å². The highest BCUT2D eigenvalue weighted by Crippen LogP contribution is 2.20. The Morgan fingerprint density at radius 3 is 2.25 bits per heavy atom. The van der Waals surface area contributed by atoms with Gasteiger partial charge in [0.05, 0.1) is 17.6 Å². The summed E-state index contributed by atoms with van der Waals surface area (Å²) < 4.78 is 0. The molecule has 2 aromatic carbocycles. The number of rotatable bonds is 6. The third kappa shape index (κ3) is 4.15. The van der Waals surface area contributed by atoms with Crippen LogP contribution < -0.4 is 5.32 Å². The zero-order valence-electron chi connectivity index (χ0n) is 13.0. The number of carbonyl (C=O) groups is 1. The Bertz CT molecular complexity index is 713. The van der Waals surface area contributed by atoms with Crippen LogP contribution in [0, 0.1) is 17.0 Å². The molecule has 0 fully saturated rings. The van der Waals surface area contributed by atoms with Gasteiger partial charge in [-0.05, 0) is 36.8 Å². The molecule has 7 heteroatoms. The zero-order chi connectivity index (χ0) is 17.7. The van der Waals surface area contributed by atoms with E-state index in [1.807, 2.05) is 6.92 Å². The number of aliphatic hydroxyl groups excluding tert-OH is 2. The van der Waals surface area contributed by atoms with Gasteiger partial charge < -0.3 is 15.5 Å². The summed E-state index contributed by atoms with van der Waals surface area (Å²) in [4.78, 5) is 22.3. The normalized spacial score (nSPS) is 13.1. The maximum atomic E-state index is 12.2. The molecule has 0 aliphatic carbocycles. The molecule has 126 valence electrons. The molecule has 2 unspecified atom stereocenters. The lowest BCUT2D eigenvalue weighted by Gasteiger charge is -2.22. The minimum Gasteiger partial charge on any atom is -0.394 e. The number of amides is 1. The summed E-state index contributed by atoms with van der Waals surface area (Å²) in [5, 5.41) is 33.0. The molecule has 0 radical (unpaired) electrons. The number of nitrogens with one attached hydrogen (secondary N) is 1. The Hall–Kier alpha value is -2.77. The van der Waals surface area contributed by atoms with Crippen LogP contribution in [-0.2, 0) is 0 Å². The zero-order valence-corrected chi connectivity index (χ0v) is 13.0. The van der Waals surface area contributed by atoms with E-state index in [4.69, 9.17) is 0 Å². The minimum atomic E-state index is -1.19. The molecule has 2 rings (SSSR count). The first-order valence-electron chi connectivity index (χ1n) is 7.33. The number of hydrogen-bond acceptors (Lipinski definition) is 5. The second-order valence-corrected chi connectivity index (χ2v) is 5.42. The molecule has 0 saturated carbocycles. The maximum absolute atomic E-state index is 12.2. The second-order valence-electron chi connectivity index (χ2n) is 5.42. The van der Waals surface area contributed by atoms with Crippen LogP contribution in [0.4, 0.5) is 5.69 Å². The quantitative estimate of drug-likeness (QED) is 0.551. The lowest BCUT2D eigenvalue weighted by atomic mass is 10.0. The van der Waals surface area contributed by atoms with Gasteiger partial charge in [0.1, 0.15) is 6.10 Å². The Labute approximate surface area is 138 Å². The van der Waals surface area contributed by atoms with E-state index in [1.165, 1.54) is 24.3 Å². The first kappa shape index (κ1) is 17.6. The summed E-state index contributed by atoms with van der Waals surface area (Å²) in [6.45, 7) is 1.42. The fourth-order valence-electron chi connectivity index (χ4n) is 2.21. The summed E-state index contributed by atoms with van der Waals surface area (Å²) in [7, 11) is 0. The molecule has 0 spiro atoms. The molecule has 1 amide bonds. The topological polar surface area (TPSA) is 113 Å². The molecule has 0 heterocycles. The molecule has 0 saturated heterocycles. The van der Waals surface area contributed by atoms with E-state index >= 15 is 0 Å². The van der Waals surface area contributed by atoms with Crippen molar-refractivity contribution in [1.82, 2.24) is 5.32 Å². The summed E-state index contributed by atoms with van der Waals surface area (Å²) >= 11 is 0. The highest BCUT2D eigenvalue weighted by molar-refractivity contribution is 5.94. The molecule has 0 aliphatic heterocycles. The van der Waals surface area contributed by atoms with Crippen molar-refractivity contribution in [2.24, 2.45) is 0 Å². The average molecular weight is 330 g/mol. The van der Waals surface area contributed by atoms with Gasteiger partial charge in [-0.3, -0.25) is 14.9 Å². The smallest absolute Gasteiger partial charge is 0.269 e. The van der Waals surface area contributed by atoms with Crippen LogP contribution in [0.2, 0.25) is 0 Å². The molecule has 0 bridgehead atoms. The first-order chi connectivity index (χ1) is 11.4. The van der Waals surface area contributed by atoms with E-state index in [0.717, 1.165) is 5.56 Å². The average Bonchev–Trinajstić information content (AvgIpc) is 2.59. The van der Waals surface area contributed by atoms with Gasteiger partial charge in [0.2, 0.25) is 0 Å². The highest BCUT2D eigenvalue weighted by atomic mass is 16.6. The van der Waals surface area contributed by atoms with E-state index in [1.54, 1.807) is 24.3 Å². The predicted molar refractivity (Wildman–Crippen MR) is 87.6 cm³/mol. The van der Waals surface area contributed by atoms with Crippen molar-refractivity contribution in [3.63, 3.8) is 0 Å². The number of non-ortho nitro benzene ring substituents is 1.